The molecule has 1 atom stereocenters. The maximum Gasteiger partial charge on any atom is 0.0332 e. The van der Waals surface area contributed by atoms with Crippen LogP contribution in [-0.4, -0.2) is 31.6 Å². The van der Waals surface area contributed by atoms with Gasteiger partial charge in [0, 0.05) is 10.5 Å². The molecule has 0 aliphatic carbocycles. The first kappa shape index (κ1) is 14.7. The molecule has 2 nitrogen and oxygen atoms in total. The average Bonchev–Trinajstić information content (AvgIpc) is 2.34. The summed E-state index contributed by atoms with van der Waals surface area (Å²) in [6.07, 6.45) is 1.15. The van der Waals surface area contributed by atoms with Gasteiger partial charge in [-0.1, -0.05) is 41.9 Å². The van der Waals surface area contributed by atoms with E-state index >= 15 is 0 Å². The summed E-state index contributed by atoms with van der Waals surface area (Å²) < 4.78 is 1.15. The Morgan fingerprint density at radius 3 is 2.71 bits per heavy atom. The molecule has 1 rings (SSSR count). The minimum Gasteiger partial charge on any atom is -0.310 e. The Balaban J connectivity index is 2.64. The van der Waals surface area contributed by atoms with Crippen LogP contribution in [0.2, 0.25) is 0 Å². The normalized spacial score (nSPS) is 13.0. The lowest BCUT2D eigenvalue weighted by Crippen LogP contribution is -2.27. The van der Waals surface area contributed by atoms with Crippen LogP contribution in [0.4, 0.5) is 0 Å². The molecule has 0 amide bonds. The first-order valence-corrected chi connectivity index (χ1v) is 7.14. The summed E-state index contributed by atoms with van der Waals surface area (Å²) in [4.78, 5) is 2.35. The maximum atomic E-state index is 3.56. The van der Waals surface area contributed by atoms with Gasteiger partial charge in [-0.3, -0.25) is 0 Å². The molecular formula is C14H23BrN2. The second kappa shape index (κ2) is 7.85. The van der Waals surface area contributed by atoms with Crippen molar-refractivity contribution in [3.8, 4) is 0 Å². The van der Waals surface area contributed by atoms with Crippen LogP contribution in [0.5, 0.6) is 0 Å². The zero-order valence-electron chi connectivity index (χ0n) is 11.0. The highest BCUT2D eigenvalue weighted by Gasteiger charge is 2.11. The molecular weight excluding hydrogens is 276 g/mol. The quantitative estimate of drug-likeness (QED) is 0.829. The van der Waals surface area contributed by atoms with E-state index in [2.05, 4.69) is 71.3 Å². The van der Waals surface area contributed by atoms with Gasteiger partial charge in [0.1, 0.15) is 0 Å². The van der Waals surface area contributed by atoms with E-state index in [1.165, 1.54) is 5.56 Å². The van der Waals surface area contributed by atoms with Crippen molar-refractivity contribution in [3.63, 3.8) is 0 Å². The predicted octanol–water partition coefficient (Wildman–Crippen LogP) is 3.44. The van der Waals surface area contributed by atoms with Crippen molar-refractivity contribution in [1.82, 2.24) is 10.2 Å². The molecule has 0 fully saturated rings. The van der Waals surface area contributed by atoms with Gasteiger partial charge in [-0.25, -0.2) is 0 Å². The van der Waals surface area contributed by atoms with Gasteiger partial charge in [-0.15, -0.1) is 0 Å². The summed E-state index contributed by atoms with van der Waals surface area (Å²) in [5.74, 6) is 0. The number of nitrogens with one attached hydrogen (secondary N) is 1. The van der Waals surface area contributed by atoms with E-state index in [4.69, 9.17) is 0 Å². The first-order chi connectivity index (χ1) is 8.17. The van der Waals surface area contributed by atoms with Crippen LogP contribution < -0.4 is 5.32 Å². The van der Waals surface area contributed by atoms with Gasteiger partial charge < -0.3 is 10.2 Å². The van der Waals surface area contributed by atoms with E-state index in [-0.39, 0.29) is 0 Å². The van der Waals surface area contributed by atoms with Gasteiger partial charge in [-0.05, 0) is 50.8 Å². The van der Waals surface area contributed by atoms with Crippen molar-refractivity contribution in [2.75, 3.05) is 26.7 Å². The fourth-order valence-corrected chi connectivity index (χ4v) is 2.28. The number of halogens is 1. The molecule has 0 aromatic heterocycles. The van der Waals surface area contributed by atoms with Crippen LogP contribution in [0.3, 0.4) is 0 Å². The highest BCUT2D eigenvalue weighted by molar-refractivity contribution is 9.10. The van der Waals surface area contributed by atoms with Crippen LogP contribution in [0.25, 0.3) is 0 Å². The van der Waals surface area contributed by atoms with E-state index in [0.29, 0.717) is 6.04 Å². The number of rotatable bonds is 7. The highest BCUT2D eigenvalue weighted by Crippen LogP contribution is 2.20. The molecule has 0 aliphatic rings. The number of hydrogen-bond donors (Lipinski definition) is 1. The average molecular weight is 299 g/mol. The molecule has 0 saturated carbocycles. The molecule has 1 aromatic carbocycles. The van der Waals surface area contributed by atoms with E-state index in [0.717, 1.165) is 30.5 Å². The molecule has 1 aromatic rings. The Bertz CT molecular complexity index is 328. The Labute approximate surface area is 114 Å². The van der Waals surface area contributed by atoms with Crippen LogP contribution >= 0.6 is 15.9 Å². The lowest BCUT2D eigenvalue weighted by Gasteiger charge is -2.22. The Hall–Kier alpha value is -0.380. The number of nitrogens with zero attached hydrogens (tertiary/aromatic N) is 1. The second-order valence-electron chi connectivity index (χ2n) is 4.35. The lowest BCUT2D eigenvalue weighted by atomic mass is 10.0. The highest BCUT2D eigenvalue weighted by atomic mass is 79.9. The van der Waals surface area contributed by atoms with Crippen molar-refractivity contribution < 1.29 is 0 Å². The topological polar surface area (TPSA) is 15.3 Å². The van der Waals surface area contributed by atoms with E-state index < -0.39 is 0 Å². The molecule has 0 radical (unpaired) electrons. The fraction of sp³-hybridized carbons (Fsp3) is 0.571. The molecule has 0 aliphatic heterocycles. The van der Waals surface area contributed by atoms with Gasteiger partial charge in [0.25, 0.3) is 0 Å². The summed E-state index contributed by atoms with van der Waals surface area (Å²) >= 11 is 3.54. The van der Waals surface area contributed by atoms with Crippen LogP contribution in [0.1, 0.15) is 31.9 Å². The molecule has 17 heavy (non-hydrogen) atoms. The monoisotopic (exact) mass is 298 g/mol. The van der Waals surface area contributed by atoms with Crippen molar-refractivity contribution in [1.29, 1.82) is 0 Å². The molecule has 3 heteroatoms. The SMILES string of the molecule is CCNC(CCN(C)CC)c1cccc(Br)c1. The largest absolute Gasteiger partial charge is 0.310 e. The van der Waals surface area contributed by atoms with Crippen molar-refractivity contribution >= 4 is 15.9 Å². The first-order valence-electron chi connectivity index (χ1n) is 6.34. The van der Waals surface area contributed by atoms with Gasteiger partial charge in [-0.2, -0.15) is 0 Å². The van der Waals surface area contributed by atoms with Crippen LogP contribution in [0, 0.1) is 0 Å². The van der Waals surface area contributed by atoms with E-state index in [9.17, 15) is 0 Å². The summed E-state index contributed by atoms with van der Waals surface area (Å²) in [5, 5.41) is 3.56. The molecule has 1 N–H and O–H groups in total. The summed E-state index contributed by atoms with van der Waals surface area (Å²) in [6.45, 7) is 7.60. The molecule has 96 valence electrons. The van der Waals surface area contributed by atoms with Crippen molar-refractivity contribution in [3.05, 3.63) is 34.3 Å². The molecule has 0 saturated heterocycles. The Morgan fingerprint density at radius 2 is 2.12 bits per heavy atom. The summed E-state index contributed by atoms with van der Waals surface area (Å²) in [6, 6.07) is 9.04. The molecule has 0 spiro atoms. The second-order valence-corrected chi connectivity index (χ2v) is 5.27. The Kier molecular flexibility index (Phi) is 6.78. The Morgan fingerprint density at radius 1 is 1.35 bits per heavy atom. The molecule has 0 heterocycles. The summed E-state index contributed by atoms with van der Waals surface area (Å²) in [5.41, 5.74) is 1.37. The third kappa shape index (κ3) is 5.19. The van der Waals surface area contributed by atoms with E-state index in [1.54, 1.807) is 0 Å². The third-order valence-corrected chi connectivity index (χ3v) is 3.53. The van der Waals surface area contributed by atoms with Gasteiger partial charge in [0.2, 0.25) is 0 Å². The van der Waals surface area contributed by atoms with Crippen molar-refractivity contribution in [2.24, 2.45) is 0 Å². The molecule has 1 unspecified atom stereocenters. The fourth-order valence-electron chi connectivity index (χ4n) is 1.86. The number of hydrogen-bond acceptors (Lipinski definition) is 2. The number of benzene rings is 1. The zero-order valence-corrected chi connectivity index (χ0v) is 12.6. The van der Waals surface area contributed by atoms with Crippen molar-refractivity contribution in [2.45, 2.75) is 26.3 Å². The minimum absolute atomic E-state index is 0.450. The molecule has 0 bridgehead atoms. The van der Waals surface area contributed by atoms with Crippen LogP contribution in [-0.2, 0) is 0 Å². The lowest BCUT2D eigenvalue weighted by molar-refractivity contribution is 0.322. The predicted molar refractivity (Wildman–Crippen MR) is 78.3 cm³/mol. The van der Waals surface area contributed by atoms with Gasteiger partial charge >= 0.3 is 0 Å². The summed E-state index contributed by atoms with van der Waals surface area (Å²) in [7, 11) is 2.17. The van der Waals surface area contributed by atoms with E-state index in [1.807, 2.05) is 0 Å². The van der Waals surface area contributed by atoms with Gasteiger partial charge in [0.15, 0.2) is 0 Å². The standard InChI is InChI=1S/C14H23BrN2/c1-4-16-14(9-10-17(3)5-2)12-7-6-8-13(15)11-12/h6-8,11,14,16H,4-5,9-10H2,1-3H3. The minimum atomic E-state index is 0.450. The zero-order chi connectivity index (χ0) is 12.7. The third-order valence-electron chi connectivity index (χ3n) is 3.04. The van der Waals surface area contributed by atoms with Gasteiger partial charge in [0.05, 0.1) is 0 Å². The van der Waals surface area contributed by atoms with Crippen LogP contribution in [0.15, 0.2) is 28.7 Å². The maximum absolute atomic E-state index is 3.56. The smallest absolute Gasteiger partial charge is 0.0332 e.